The first-order valence-corrected chi connectivity index (χ1v) is 8.27. The van der Waals surface area contributed by atoms with Gasteiger partial charge in [-0.05, 0) is 38.1 Å². The molecule has 0 aromatic rings. The van der Waals surface area contributed by atoms with E-state index in [1.165, 1.54) is 25.8 Å². The van der Waals surface area contributed by atoms with E-state index in [0.29, 0.717) is 16.9 Å². The third-order valence-electron chi connectivity index (χ3n) is 5.40. The monoisotopic (exact) mass is 295 g/mol. The summed E-state index contributed by atoms with van der Waals surface area (Å²) in [7, 11) is 0. The maximum atomic E-state index is 12.9. The standard InChI is InChI=1S/C15H25N3OS/c1-11-8-15(9-11,13(16)20)14(19)18-7-6-17-5-3-2-4-12(17)10-18/h11-12H,2-10H2,1H3,(H2,16,20). The van der Waals surface area contributed by atoms with Gasteiger partial charge in [-0.15, -0.1) is 0 Å². The van der Waals surface area contributed by atoms with E-state index in [1.54, 1.807) is 0 Å². The number of piperidine rings is 1. The molecule has 1 aliphatic carbocycles. The van der Waals surface area contributed by atoms with E-state index in [0.717, 1.165) is 32.5 Å². The molecule has 5 heteroatoms. The predicted octanol–water partition coefficient (Wildman–Crippen LogP) is 1.39. The molecule has 3 aliphatic rings. The molecule has 1 amide bonds. The SMILES string of the molecule is CC1CC(C(=O)N2CCN3CCCCC3C2)(C(N)=S)C1. The summed E-state index contributed by atoms with van der Waals surface area (Å²) in [6.07, 6.45) is 5.50. The summed E-state index contributed by atoms with van der Waals surface area (Å²) in [5.74, 6) is 0.768. The van der Waals surface area contributed by atoms with Gasteiger partial charge in [-0.1, -0.05) is 25.6 Å². The lowest BCUT2D eigenvalue weighted by Gasteiger charge is -2.50. The van der Waals surface area contributed by atoms with Crippen LogP contribution in [0.5, 0.6) is 0 Å². The van der Waals surface area contributed by atoms with Gasteiger partial charge >= 0.3 is 0 Å². The summed E-state index contributed by atoms with van der Waals surface area (Å²) in [6, 6.07) is 0.558. The van der Waals surface area contributed by atoms with Gasteiger partial charge in [0, 0.05) is 25.7 Å². The van der Waals surface area contributed by atoms with Crippen molar-refractivity contribution in [2.45, 2.75) is 45.1 Å². The highest BCUT2D eigenvalue weighted by atomic mass is 32.1. The molecule has 1 atom stereocenters. The quantitative estimate of drug-likeness (QED) is 0.782. The average Bonchev–Trinajstić information content (AvgIpc) is 2.42. The molecule has 1 saturated carbocycles. The Morgan fingerprint density at radius 3 is 2.65 bits per heavy atom. The van der Waals surface area contributed by atoms with E-state index in [9.17, 15) is 4.79 Å². The Morgan fingerprint density at radius 1 is 1.25 bits per heavy atom. The second-order valence-corrected chi connectivity index (χ2v) is 7.34. The normalized spacial score (nSPS) is 38.0. The molecule has 20 heavy (non-hydrogen) atoms. The molecule has 0 radical (unpaired) electrons. The first-order valence-electron chi connectivity index (χ1n) is 7.86. The second kappa shape index (κ2) is 5.26. The van der Waals surface area contributed by atoms with Gasteiger partial charge in [0.15, 0.2) is 0 Å². The molecule has 0 spiro atoms. The van der Waals surface area contributed by atoms with E-state index in [1.807, 2.05) is 4.90 Å². The average molecular weight is 295 g/mol. The molecule has 112 valence electrons. The van der Waals surface area contributed by atoms with E-state index in [2.05, 4.69) is 11.8 Å². The number of nitrogens with two attached hydrogens (primary N) is 1. The number of nitrogens with zero attached hydrogens (tertiary/aromatic N) is 2. The van der Waals surface area contributed by atoms with E-state index in [-0.39, 0.29) is 5.91 Å². The van der Waals surface area contributed by atoms with Crippen LogP contribution in [-0.4, -0.2) is 52.9 Å². The zero-order valence-electron chi connectivity index (χ0n) is 12.3. The van der Waals surface area contributed by atoms with Crippen LogP contribution in [0.4, 0.5) is 0 Å². The fraction of sp³-hybridized carbons (Fsp3) is 0.867. The van der Waals surface area contributed by atoms with Crippen molar-refractivity contribution in [1.82, 2.24) is 9.80 Å². The highest BCUT2D eigenvalue weighted by Crippen LogP contribution is 2.47. The van der Waals surface area contributed by atoms with Crippen molar-refractivity contribution in [1.29, 1.82) is 0 Å². The molecule has 2 N–H and O–H groups in total. The number of piperazine rings is 1. The summed E-state index contributed by atoms with van der Waals surface area (Å²) in [6.45, 7) is 6.10. The van der Waals surface area contributed by atoms with Crippen molar-refractivity contribution in [2.24, 2.45) is 17.1 Å². The lowest BCUT2D eigenvalue weighted by molar-refractivity contribution is -0.147. The molecule has 0 aromatic carbocycles. The Labute approximate surface area is 126 Å². The highest BCUT2D eigenvalue weighted by Gasteiger charge is 2.53. The van der Waals surface area contributed by atoms with Crippen molar-refractivity contribution in [3.8, 4) is 0 Å². The van der Waals surface area contributed by atoms with Crippen LogP contribution >= 0.6 is 12.2 Å². The molecule has 3 rings (SSSR count). The highest BCUT2D eigenvalue weighted by molar-refractivity contribution is 7.80. The maximum absolute atomic E-state index is 12.9. The Morgan fingerprint density at radius 2 is 2.00 bits per heavy atom. The van der Waals surface area contributed by atoms with Crippen LogP contribution < -0.4 is 5.73 Å². The number of fused-ring (bicyclic) bond motifs is 1. The molecule has 1 unspecified atom stereocenters. The van der Waals surface area contributed by atoms with Crippen LogP contribution in [-0.2, 0) is 4.79 Å². The zero-order valence-corrected chi connectivity index (χ0v) is 13.1. The number of hydrogen-bond donors (Lipinski definition) is 1. The third kappa shape index (κ3) is 2.25. The number of carbonyl (C=O) groups is 1. The first-order chi connectivity index (χ1) is 9.53. The molecule has 2 aliphatic heterocycles. The minimum atomic E-state index is -0.522. The Hall–Kier alpha value is -0.680. The van der Waals surface area contributed by atoms with E-state index in [4.69, 9.17) is 18.0 Å². The van der Waals surface area contributed by atoms with Gasteiger partial charge in [0.2, 0.25) is 5.91 Å². The van der Waals surface area contributed by atoms with Crippen LogP contribution in [0.3, 0.4) is 0 Å². The summed E-state index contributed by atoms with van der Waals surface area (Å²) >= 11 is 5.21. The molecule has 2 heterocycles. The number of hydrogen-bond acceptors (Lipinski definition) is 3. The van der Waals surface area contributed by atoms with E-state index >= 15 is 0 Å². The molecular formula is C15H25N3OS. The van der Waals surface area contributed by atoms with Crippen molar-refractivity contribution in [2.75, 3.05) is 26.2 Å². The van der Waals surface area contributed by atoms with Crippen molar-refractivity contribution in [3.05, 3.63) is 0 Å². The van der Waals surface area contributed by atoms with Crippen LogP contribution in [0.25, 0.3) is 0 Å². The fourth-order valence-corrected chi connectivity index (χ4v) is 4.51. The second-order valence-electron chi connectivity index (χ2n) is 6.90. The maximum Gasteiger partial charge on any atom is 0.235 e. The zero-order chi connectivity index (χ0) is 14.3. The third-order valence-corrected chi connectivity index (χ3v) is 5.79. The molecule has 0 aromatic heterocycles. The van der Waals surface area contributed by atoms with Crippen LogP contribution in [0.1, 0.15) is 39.0 Å². The Kier molecular flexibility index (Phi) is 3.75. The summed E-state index contributed by atoms with van der Waals surface area (Å²) in [5, 5.41) is 0. The van der Waals surface area contributed by atoms with Crippen LogP contribution in [0.15, 0.2) is 0 Å². The largest absolute Gasteiger partial charge is 0.392 e. The van der Waals surface area contributed by atoms with Crippen molar-refractivity contribution >= 4 is 23.1 Å². The summed E-state index contributed by atoms with van der Waals surface area (Å²) < 4.78 is 0. The Bertz CT molecular complexity index is 419. The van der Waals surface area contributed by atoms with Crippen molar-refractivity contribution < 1.29 is 4.79 Å². The van der Waals surface area contributed by atoms with Crippen molar-refractivity contribution in [3.63, 3.8) is 0 Å². The Balaban J connectivity index is 1.69. The predicted molar refractivity (Wildman–Crippen MR) is 83.4 cm³/mol. The lowest BCUT2D eigenvalue weighted by atomic mass is 9.61. The number of amides is 1. The van der Waals surface area contributed by atoms with Crippen LogP contribution in [0.2, 0.25) is 0 Å². The molecular weight excluding hydrogens is 270 g/mol. The van der Waals surface area contributed by atoms with Gasteiger partial charge in [-0.25, -0.2) is 0 Å². The van der Waals surface area contributed by atoms with Gasteiger partial charge in [0.25, 0.3) is 0 Å². The van der Waals surface area contributed by atoms with Gasteiger partial charge < -0.3 is 10.6 Å². The summed E-state index contributed by atoms with van der Waals surface area (Å²) in [4.78, 5) is 17.9. The van der Waals surface area contributed by atoms with Gasteiger partial charge in [0.1, 0.15) is 0 Å². The van der Waals surface area contributed by atoms with Gasteiger partial charge in [-0.2, -0.15) is 0 Å². The van der Waals surface area contributed by atoms with Gasteiger partial charge in [-0.3, -0.25) is 9.69 Å². The van der Waals surface area contributed by atoms with Gasteiger partial charge in [0.05, 0.1) is 10.4 Å². The number of rotatable bonds is 2. The van der Waals surface area contributed by atoms with Crippen LogP contribution in [0, 0.1) is 11.3 Å². The molecule has 0 bridgehead atoms. The molecule has 2 saturated heterocycles. The fourth-order valence-electron chi connectivity index (χ4n) is 4.25. The first kappa shape index (κ1) is 14.3. The van der Waals surface area contributed by atoms with E-state index < -0.39 is 5.41 Å². The molecule has 3 fully saturated rings. The minimum Gasteiger partial charge on any atom is -0.392 e. The number of thiocarbonyl (C=S) groups is 1. The number of carbonyl (C=O) groups excluding carboxylic acids is 1. The minimum absolute atomic E-state index is 0.202. The smallest absolute Gasteiger partial charge is 0.235 e. The lowest BCUT2D eigenvalue weighted by Crippen LogP contribution is -2.62. The summed E-state index contributed by atoms with van der Waals surface area (Å²) in [5.41, 5.74) is 5.39. The topological polar surface area (TPSA) is 49.6 Å². The molecule has 4 nitrogen and oxygen atoms in total.